The molecule has 0 radical (unpaired) electrons. The highest BCUT2D eigenvalue weighted by Crippen LogP contribution is 2.54. The van der Waals surface area contributed by atoms with Gasteiger partial charge in [0.15, 0.2) is 0 Å². The molecule has 3 rings (SSSR count). The lowest BCUT2D eigenvalue weighted by Crippen LogP contribution is -2.15. The lowest BCUT2D eigenvalue weighted by molar-refractivity contribution is -0.384. The monoisotopic (exact) mass is 245 g/mol. The van der Waals surface area contributed by atoms with Gasteiger partial charge in [-0.1, -0.05) is 12.1 Å². The molecule has 2 saturated carbocycles. The number of fused-ring (bicyclic) bond motifs is 1. The number of rotatable bonds is 4. The second-order valence-electron chi connectivity index (χ2n) is 5.49. The second kappa shape index (κ2) is 4.19. The largest absolute Gasteiger partial charge is 0.299 e. The molecule has 2 aliphatic carbocycles. The zero-order valence-electron chi connectivity index (χ0n) is 10.0. The first-order valence-electron chi connectivity index (χ1n) is 6.39. The van der Waals surface area contributed by atoms with Crippen molar-refractivity contribution in [2.24, 2.45) is 17.8 Å². The van der Waals surface area contributed by atoms with Crippen LogP contribution in [-0.4, -0.2) is 10.7 Å². The standard InChI is InChI=1S/C14H15NO3/c16-14(12-7-10-6-11(10)8-12)5-9-1-3-13(4-2-9)15(17)18/h1-4,10-12H,5-8H2. The number of Topliss-reactive ketones (excluding diaryl/α,β-unsaturated/α-hetero) is 1. The van der Waals surface area contributed by atoms with E-state index in [4.69, 9.17) is 0 Å². The molecule has 0 aliphatic heterocycles. The van der Waals surface area contributed by atoms with E-state index < -0.39 is 4.92 Å². The van der Waals surface area contributed by atoms with E-state index in [2.05, 4.69) is 0 Å². The van der Waals surface area contributed by atoms with Crippen LogP contribution in [0.3, 0.4) is 0 Å². The van der Waals surface area contributed by atoms with Gasteiger partial charge < -0.3 is 0 Å². The first-order chi connectivity index (χ1) is 8.63. The predicted octanol–water partition coefficient (Wildman–Crippen LogP) is 2.75. The Bertz CT molecular complexity index is 484. The van der Waals surface area contributed by atoms with Crippen LogP contribution in [0.15, 0.2) is 24.3 Å². The fourth-order valence-corrected chi connectivity index (χ4v) is 3.06. The number of nitro benzene ring substituents is 1. The van der Waals surface area contributed by atoms with E-state index in [1.807, 2.05) is 0 Å². The van der Waals surface area contributed by atoms with E-state index in [1.54, 1.807) is 12.1 Å². The molecule has 0 saturated heterocycles. The summed E-state index contributed by atoms with van der Waals surface area (Å²) in [5.41, 5.74) is 0.958. The van der Waals surface area contributed by atoms with Crippen LogP contribution in [-0.2, 0) is 11.2 Å². The minimum Gasteiger partial charge on any atom is -0.299 e. The maximum Gasteiger partial charge on any atom is 0.269 e. The molecule has 0 bridgehead atoms. The number of hydrogen-bond acceptors (Lipinski definition) is 3. The van der Waals surface area contributed by atoms with Crippen LogP contribution in [0.5, 0.6) is 0 Å². The van der Waals surface area contributed by atoms with E-state index in [-0.39, 0.29) is 11.6 Å². The van der Waals surface area contributed by atoms with Crippen LogP contribution in [0.2, 0.25) is 0 Å². The molecule has 4 nitrogen and oxygen atoms in total. The van der Waals surface area contributed by atoms with E-state index >= 15 is 0 Å². The summed E-state index contributed by atoms with van der Waals surface area (Å²) in [6.45, 7) is 0. The summed E-state index contributed by atoms with van der Waals surface area (Å²) in [5.74, 6) is 2.17. The molecule has 2 atom stereocenters. The smallest absolute Gasteiger partial charge is 0.269 e. The Morgan fingerprint density at radius 1 is 1.17 bits per heavy atom. The maximum atomic E-state index is 12.1. The quantitative estimate of drug-likeness (QED) is 0.605. The first kappa shape index (κ1) is 11.4. The molecule has 0 aromatic heterocycles. The Balaban J connectivity index is 1.61. The molecule has 4 heteroatoms. The zero-order chi connectivity index (χ0) is 12.7. The summed E-state index contributed by atoms with van der Waals surface area (Å²) < 4.78 is 0. The summed E-state index contributed by atoms with van der Waals surface area (Å²) in [6.07, 6.45) is 3.87. The normalized spacial score (nSPS) is 28.8. The average Bonchev–Trinajstić information content (AvgIpc) is 2.96. The number of non-ortho nitro benzene ring substituents is 1. The Morgan fingerprint density at radius 2 is 1.78 bits per heavy atom. The fourth-order valence-electron chi connectivity index (χ4n) is 3.06. The molecular weight excluding hydrogens is 230 g/mol. The van der Waals surface area contributed by atoms with Crippen molar-refractivity contribution in [3.05, 3.63) is 39.9 Å². The first-order valence-corrected chi connectivity index (χ1v) is 6.39. The van der Waals surface area contributed by atoms with E-state index in [0.717, 1.165) is 30.2 Å². The van der Waals surface area contributed by atoms with Gasteiger partial charge in [0.05, 0.1) is 4.92 Å². The van der Waals surface area contributed by atoms with Gasteiger partial charge in [-0.25, -0.2) is 0 Å². The van der Waals surface area contributed by atoms with E-state index in [9.17, 15) is 14.9 Å². The number of nitro groups is 1. The van der Waals surface area contributed by atoms with Crippen LogP contribution < -0.4 is 0 Å². The van der Waals surface area contributed by atoms with Gasteiger partial charge in [-0.3, -0.25) is 14.9 Å². The van der Waals surface area contributed by atoms with Gasteiger partial charge in [0.2, 0.25) is 0 Å². The van der Waals surface area contributed by atoms with Gasteiger partial charge in [0.25, 0.3) is 5.69 Å². The number of nitrogens with zero attached hydrogens (tertiary/aromatic N) is 1. The number of benzene rings is 1. The number of ketones is 1. The highest BCUT2D eigenvalue weighted by Gasteiger charge is 2.47. The van der Waals surface area contributed by atoms with Gasteiger partial charge in [0, 0.05) is 24.5 Å². The van der Waals surface area contributed by atoms with E-state index in [1.165, 1.54) is 18.6 Å². The average molecular weight is 245 g/mol. The Kier molecular flexibility index (Phi) is 2.65. The van der Waals surface area contributed by atoms with Crippen LogP contribution in [0.4, 0.5) is 5.69 Å². The number of hydrogen-bond donors (Lipinski definition) is 0. The van der Waals surface area contributed by atoms with Crippen LogP contribution in [0.1, 0.15) is 24.8 Å². The Morgan fingerprint density at radius 3 is 2.33 bits per heavy atom. The van der Waals surface area contributed by atoms with Crippen molar-refractivity contribution in [3.63, 3.8) is 0 Å². The van der Waals surface area contributed by atoms with Gasteiger partial charge in [-0.15, -0.1) is 0 Å². The molecule has 2 fully saturated rings. The third kappa shape index (κ3) is 2.15. The van der Waals surface area contributed by atoms with E-state index in [0.29, 0.717) is 12.2 Å². The highest BCUT2D eigenvalue weighted by atomic mass is 16.6. The maximum absolute atomic E-state index is 12.1. The second-order valence-corrected chi connectivity index (χ2v) is 5.49. The SMILES string of the molecule is O=C(Cc1ccc([N+](=O)[O-])cc1)C1CC2CC2C1. The molecule has 0 amide bonds. The van der Waals surface area contributed by atoms with Gasteiger partial charge >= 0.3 is 0 Å². The van der Waals surface area contributed by atoms with Crippen molar-refractivity contribution in [1.82, 2.24) is 0 Å². The zero-order valence-corrected chi connectivity index (χ0v) is 10.0. The number of carbonyl (C=O) groups is 1. The lowest BCUT2D eigenvalue weighted by Gasteiger charge is -2.10. The van der Waals surface area contributed by atoms with Crippen molar-refractivity contribution >= 4 is 11.5 Å². The van der Waals surface area contributed by atoms with Crippen molar-refractivity contribution < 1.29 is 9.72 Å². The molecule has 94 valence electrons. The van der Waals surface area contributed by atoms with Crippen molar-refractivity contribution in [1.29, 1.82) is 0 Å². The summed E-state index contributed by atoms with van der Waals surface area (Å²) in [6, 6.07) is 6.31. The summed E-state index contributed by atoms with van der Waals surface area (Å²) in [7, 11) is 0. The van der Waals surface area contributed by atoms with Crippen LogP contribution in [0, 0.1) is 27.9 Å². The summed E-state index contributed by atoms with van der Waals surface area (Å²) >= 11 is 0. The molecule has 1 aromatic carbocycles. The van der Waals surface area contributed by atoms with Crippen LogP contribution >= 0.6 is 0 Å². The Hall–Kier alpha value is -1.71. The molecule has 1 aromatic rings. The molecule has 18 heavy (non-hydrogen) atoms. The minimum atomic E-state index is -0.421. The summed E-state index contributed by atoms with van der Waals surface area (Å²) in [4.78, 5) is 22.2. The van der Waals surface area contributed by atoms with Crippen molar-refractivity contribution in [3.8, 4) is 0 Å². The third-order valence-corrected chi connectivity index (χ3v) is 4.22. The summed E-state index contributed by atoms with van der Waals surface area (Å²) in [5, 5.41) is 10.5. The Labute approximate surface area is 105 Å². The van der Waals surface area contributed by atoms with Crippen LogP contribution in [0.25, 0.3) is 0 Å². The lowest BCUT2D eigenvalue weighted by atomic mass is 9.94. The number of carbonyl (C=O) groups excluding carboxylic acids is 1. The van der Waals surface area contributed by atoms with Crippen molar-refractivity contribution in [2.45, 2.75) is 25.7 Å². The van der Waals surface area contributed by atoms with Gasteiger partial charge in [-0.2, -0.15) is 0 Å². The van der Waals surface area contributed by atoms with Gasteiger partial charge in [-0.05, 0) is 36.7 Å². The molecule has 2 unspecified atom stereocenters. The molecule has 0 spiro atoms. The topological polar surface area (TPSA) is 60.2 Å². The predicted molar refractivity (Wildman–Crippen MR) is 66.1 cm³/mol. The molecular formula is C14H15NO3. The molecule has 2 aliphatic rings. The highest BCUT2D eigenvalue weighted by molar-refractivity contribution is 5.83. The van der Waals surface area contributed by atoms with Crippen molar-refractivity contribution in [2.75, 3.05) is 0 Å². The minimum absolute atomic E-state index is 0.0771. The molecule has 0 heterocycles. The molecule has 0 N–H and O–H groups in total. The fraction of sp³-hybridized carbons (Fsp3) is 0.500. The third-order valence-electron chi connectivity index (χ3n) is 4.22. The van der Waals surface area contributed by atoms with Gasteiger partial charge in [0.1, 0.15) is 5.78 Å².